The Morgan fingerprint density at radius 2 is 1.66 bits per heavy atom. The van der Waals surface area contributed by atoms with Gasteiger partial charge >= 0.3 is 6.03 Å². The van der Waals surface area contributed by atoms with Crippen molar-refractivity contribution < 1.29 is 14.3 Å². The van der Waals surface area contributed by atoms with E-state index in [9.17, 15) is 9.59 Å². The summed E-state index contributed by atoms with van der Waals surface area (Å²) in [4.78, 5) is 33.7. The molecule has 4 rings (SSSR count). The Hall–Kier alpha value is -3.93. The second-order valence-corrected chi connectivity index (χ2v) is 17.1. The first-order chi connectivity index (χ1) is 19.6. The summed E-state index contributed by atoms with van der Waals surface area (Å²) in [7, 11) is -1.25. The van der Waals surface area contributed by atoms with E-state index in [1.54, 1.807) is 6.20 Å². The molecule has 0 saturated heterocycles. The zero-order valence-corrected chi connectivity index (χ0v) is 25.8. The number of amides is 3. The molecular formula is C30H36N6O3SSi. The molecule has 2 aromatic carbocycles. The molecule has 0 aliphatic rings. The summed E-state index contributed by atoms with van der Waals surface area (Å²) in [5.41, 5.74) is 4.56. The Kier molecular flexibility index (Phi) is 9.98. The van der Waals surface area contributed by atoms with Gasteiger partial charge in [-0.1, -0.05) is 61.7 Å². The molecular weight excluding hydrogens is 553 g/mol. The zero-order valence-electron chi connectivity index (χ0n) is 24.0. The van der Waals surface area contributed by atoms with Crippen LogP contribution >= 0.6 is 11.8 Å². The highest BCUT2D eigenvalue weighted by molar-refractivity contribution is 7.98. The molecule has 4 aromatic rings. The molecule has 0 radical (unpaired) electrons. The summed E-state index contributed by atoms with van der Waals surface area (Å²) in [6.45, 7) is 9.43. The molecule has 0 saturated carbocycles. The van der Waals surface area contributed by atoms with Crippen molar-refractivity contribution in [3.63, 3.8) is 0 Å². The number of pyridine rings is 1. The third kappa shape index (κ3) is 8.53. The van der Waals surface area contributed by atoms with Gasteiger partial charge in [-0.2, -0.15) is 0 Å². The highest BCUT2D eigenvalue weighted by Crippen LogP contribution is 2.37. The second kappa shape index (κ2) is 13.6. The summed E-state index contributed by atoms with van der Waals surface area (Å²) in [6, 6.07) is 21.3. The molecule has 2 heterocycles. The summed E-state index contributed by atoms with van der Waals surface area (Å²) >= 11 is 1.53. The topological polar surface area (TPSA) is 110 Å². The summed E-state index contributed by atoms with van der Waals surface area (Å²) in [6.07, 6.45) is 3.65. The van der Waals surface area contributed by atoms with Gasteiger partial charge in [0.05, 0.1) is 11.4 Å². The van der Waals surface area contributed by atoms with Crippen LogP contribution in [0, 0.1) is 0 Å². The molecule has 0 unspecified atom stereocenters. The number of hydrogen-bond donors (Lipinski definition) is 3. The lowest BCUT2D eigenvalue weighted by molar-refractivity contribution is -0.114. The van der Waals surface area contributed by atoms with E-state index >= 15 is 0 Å². The highest BCUT2D eigenvalue weighted by atomic mass is 32.2. The van der Waals surface area contributed by atoms with Crippen LogP contribution in [0.1, 0.15) is 6.92 Å². The predicted octanol–water partition coefficient (Wildman–Crippen LogP) is 7.25. The van der Waals surface area contributed by atoms with Crippen LogP contribution in [0.2, 0.25) is 25.7 Å². The van der Waals surface area contributed by atoms with Crippen molar-refractivity contribution in [2.45, 2.75) is 44.5 Å². The summed E-state index contributed by atoms with van der Waals surface area (Å²) < 4.78 is 8.23. The van der Waals surface area contributed by atoms with E-state index in [0.717, 1.165) is 33.7 Å². The van der Waals surface area contributed by atoms with Crippen LogP contribution in [0.3, 0.4) is 0 Å². The molecule has 0 aliphatic heterocycles. The fraction of sp³-hybridized carbons (Fsp3) is 0.267. The molecule has 41 heavy (non-hydrogen) atoms. The molecule has 0 aliphatic carbocycles. The number of urea groups is 1. The molecule has 0 bridgehead atoms. The van der Waals surface area contributed by atoms with Gasteiger partial charge in [0, 0.05) is 50.3 Å². The standard InChI is InChI=1S/C30H36N6O3SSi/c1-21(37)32-26-19-23(14-15-31-26)28-27(35-30(40-2)36(28)20-39-16-17-41(3,4)5)22-10-9-13-25(18-22)34-29(38)33-24-11-7-6-8-12-24/h6-15,18-19H,16-17,20H2,1-5H3,(H,31,32,37)(H2,33,34,38). The third-order valence-electron chi connectivity index (χ3n) is 6.09. The van der Waals surface area contributed by atoms with Gasteiger partial charge in [-0.15, -0.1) is 0 Å². The zero-order chi connectivity index (χ0) is 29.4. The van der Waals surface area contributed by atoms with Crippen molar-refractivity contribution in [2.24, 2.45) is 0 Å². The van der Waals surface area contributed by atoms with Crippen molar-refractivity contribution in [3.8, 4) is 22.5 Å². The van der Waals surface area contributed by atoms with Crippen molar-refractivity contribution in [2.75, 3.05) is 28.8 Å². The smallest absolute Gasteiger partial charge is 0.323 e. The number of carbonyl (C=O) groups excluding carboxylic acids is 2. The lowest BCUT2D eigenvalue weighted by atomic mass is 10.0. The van der Waals surface area contributed by atoms with Gasteiger partial charge in [-0.3, -0.25) is 9.36 Å². The van der Waals surface area contributed by atoms with Gasteiger partial charge in [0.1, 0.15) is 12.5 Å². The number of hydrogen-bond acceptors (Lipinski definition) is 6. The Bertz CT molecular complexity index is 1500. The molecule has 0 spiro atoms. The van der Waals surface area contributed by atoms with Crippen LogP contribution < -0.4 is 16.0 Å². The average molecular weight is 589 g/mol. The van der Waals surface area contributed by atoms with Gasteiger partial charge in [0.15, 0.2) is 5.16 Å². The van der Waals surface area contributed by atoms with E-state index < -0.39 is 8.07 Å². The number of carbonyl (C=O) groups is 2. The predicted molar refractivity (Wildman–Crippen MR) is 170 cm³/mol. The number of benzene rings is 2. The maximum Gasteiger partial charge on any atom is 0.323 e. The number of thioether (sulfide) groups is 1. The molecule has 3 N–H and O–H groups in total. The van der Waals surface area contributed by atoms with E-state index in [2.05, 4.69) is 45.1 Å². The van der Waals surface area contributed by atoms with Crippen LogP contribution in [0.5, 0.6) is 0 Å². The maximum absolute atomic E-state index is 12.7. The Morgan fingerprint density at radius 3 is 2.37 bits per heavy atom. The van der Waals surface area contributed by atoms with Crippen molar-refractivity contribution in [3.05, 3.63) is 72.9 Å². The van der Waals surface area contributed by atoms with Crippen LogP contribution in [0.25, 0.3) is 22.5 Å². The molecule has 3 amide bonds. The molecule has 2 aromatic heterocycles. The van der Waals surface area contributed by atoms with Crippen molar-refractivity contribution in [1.82, 2.24) is 14.5 Å². The van der Waals surface area contributed by atoms with Gasteiger partial charge < -0.3 is 20.7 Å². The molecule has 9 nitrogen and oxygen atoms in total. The van der Waals surface area contributed by atoms with Gasteiger partial charge in [-0.25, -0.2) is 14.8 Å². The normalized spacial score (nSPS) is 11.2. The van der Waals surface area contributed by atoms with Gasteiger partial charge in [0.2, 0.25) is 5.91 Å². The molecule has 11 heteroatoms. The summed E-state index contributed by atoms with van der Waals surface area (Å²) in [5, 5.41) is 9.32. The highest BCUT2D eigenvalue weighted by Gasteiger charge is 2.22. The Labute approximate surface area is 246 Å². The third-order valence-corrected chi connectivity index (χ3v) is 8.48. The average Bonchev–Trinajstić information content (AvgIpc) is 3.29. The minimum atomic E-state index is -1.25. The number of para-hydroxylation sites is 1. The molecule has 214 valence electrons. The van der Waals surface area contributed by atoms with Crippen LogP contribution in [-0.4, -0.2) is 47.4 Å². The largest absolute Gasteiger partial charge is 0.361 e. The number of anilines is 3. The first-order valence-electron chi connectivity index (χ1n) is 13.3. The molecule has 0 atom stereocenters. The van der Waals surface area contributed by atoms with E-state index in [-0.39, 0.29) is 11.9 Å². The summed E-state index contributed by atoms with van der Waals surface area (Å²) in [5.74, 6) is 0.252. The van der Waals surface area contributed by atoms with Crippen molar-refractivity contribution >= 4 is 49.0 Å². The fourth-order valence-corrected chi connectivity index (χ4v) is 5.43. The quantitative estimate of drug-likeness (QED) is 0.0967. The van der Waals surface area contributed by atoms with Crippen LogP contribution in [0.15, 0.2) is 78.1 Å². The van der Waals surface area contributed by atoms with E-state index in [0.29, 0.717) is 30.5 Å². The minimum Gasteiger partial charge on any atom is -0.361 e. The number of nitrogens with one attached hydrogen (secondary N) is 3. The van der Waals surface area contributed by atoms with E-state index in [1.807, 2.05) is 73.0 Å². The maximum atomic E-state index is 12.7. The van der Waals surface area contributed by atoms with Gasteiger partial charge in [0.25, 0.3) is 0 Å². The number of imidazole rings is 1. The monoisotopic (exact) mass is 588 g/mol. The number of aromatic nitrogens is 3. The number of ether oxygens (including phenoxy) is 1. The SMILES string of the molecule is CSc1nc(-c2cccc(NC(=O)Nc3ccccc3)c2)c(-c2ccnc(NC(C)=O)c2)n1COCC[Si](C)(C)C. The van der Waals surface area contributed by atoms with Crippen LogP contribution in [0.4, 0.5) is 22.0 Å². The van der Waals surface area contributed by atoms with E-state index in [4.69, 9.17) is 9.72 Å². The lowest BCUT2D eigenvalue weighted by Crippen LogP contribution is -2.22. The minimum absolute atomic E-state index is 0.199. The Balaban J connectivity index is 1.70. The van der Waals surface area contributed by atoms with Gasteiger partial charge in [-0.05, 0) is 48.7 Å². The Morgan fingerprint density at radius 1 is 0.927 bits per heavy atom. The van der Waals surface area contributed by atoms with Crippen LogP contribution in [-0.2, 0) is 16.3 Å². The van der Waals surface area contributed by atoms with E-state index in [1.165, 1.54) is 18.7 Å². The number of rotatable bonds is 11. The molecule has 0 fully saturated rings. The fourth-order valence-electron chi connectivity index (χ4n) is 4.12. The van der Waals surface area contributed by atoms with Crippen molar-refractivity contribution in [1.29, 1.82) is 0 Å². The first kappa shape index (κ1) is 30.0. The first-order valence-corrected chi connectivity index (χ1v) is 18.3. The second-order valence-electron chi connectivity index (χ2n) is 10.7. The number of nitrogens with zero attached hydrogens (tertiary/aromatic N) is 3. The lowest BCUT2D eigenvalue weighted by Gasteiger charge is -2.17.